The van der Waals surface area contributed by atoms with Gasteiger partial charge in [-0.05, 0) is 24.8 Å². The molecule has 1 unspecified atom stereocenters. The van der Waals surface area contributed by atoms with Crippen LogP contribution in [0.4, 0.5) is 0 Å². The van der Waals surface area contributed by atoms with Crippen molar-refractivity contribution >= 4 is 0 Å². The van der Waals surface area contributed by atoms with E-state index in [9.17, 15) is 0 Å². The Labute approximate surface area is 128 Å². The van der Waals surface area contributed by atoms with Crippen molar-refractivity contribution in [1.82, 2.24) is 14.9 Å². The van der Waals surface area contributed by atoms with Crippen molar-refractivity contribution in [2.45, 2.75) is 45.6 Å². The van der Waals surface area contributed by atoms with Gasteiger partial charge in [-0.25, -0.2) is 4.98 Å². The summed E-state index contributed by atoms with van der Waals surface area (Å²) in [7, 11) is 2.07. The number of rotatable bonds is 7. The molecule has 0 radical (unpaired) electrons. The second-order valence-electron chi connectivity index (χ2n) is 6.16. The maximum Gasteiger partial charge on any atom is 0.108 e. The third kappa shape index (κ3) is 4.71. The highest BCUT2D eigenvalue weighted by Gasteiger charge is 2.13. The van der Waals surface area contributed by atoms with E-state index in [1.54, 1.807) is 0 Å². The van der Waals surface area contributed by atoms with E-state index in [1.807, 2.05) is 12.4 Å². The number of hydrogen-bond donors (Lipinski definition) is 1. The van der Waals surface area contributed by atoms with Gasteiger partial charge < -0.3 is 9.88 Å². The highest BCUT2D eigenvalue weighted by molar-refractivity contribution is 5.25. The molecule has 3 heteroatoms. The Balaban J connectivity index is 2.04. The van der Waals surface area contributed by atoms with Gasteiger partial charge in [-0.2, -0.15) is 0 Å². The second kappa shape index (κ2) is 7.41. The highest BCUT2D eigenvalue weighted by atomic mass is 15.0. The largest absolute Gasteiger partial charge is 0.338 e. The molecule has 1 heterocycles. The first-order valence-corrected chi connectivity index (χ1v) is 7.82. The topological polar surface area (TPSA) is 29.9 Å². The molecule has 1 N–H and O–H groups in total. The first kappa shape index (κ1) is 15.8. The molecule has 2 aromatic rings. The van der Waals surface area contributed by atoms with Crippen LogP contribution in [0.3, 0.4) is 0 Å². The Hall–Kier alpha value is -1.61. The smallest absolute Gasteiger partial charge is 0.108 e. The molecule has 0 aliphatic rings. The number of hydrogen-bond acceptors (Lipinski definition) is 2. The summed E-state index contributed by atoms with van der Waals surface area (Å²) < 4.78 is 2.11. The van der Waals surface area contributed by atoms with E-state index in [0.29, 0.717) is 12.0 Å². The van der Waals surface area contributed by atoms with E-state index < -0.39 is 0 Å². The van der Waals surface area contributed by atoms with Gasteiger partial charge in [0.1, 0.15) is 5.82 Å². The minimum atomic E-state index is 0.520. The molecule has 0 saturated carbocycles. The van der Waals surface area contributed by atoms with Crippen LogP contribution in [0, 0.1) is 6.92 Å². The van der Waals surface area contributed by atoms with Gasteiger partial charge in [0.25, 0.3) is 0 Å². The fourth-order valence-corrected chi connectivity index (χ4v) is 2.54. The molecule has 1 aromatic carbocycles. The molecule has 2 rings (SSSR count). The standard InChI is InChI=1S/C18H27N3/c1-14(2)20-13-17(16-7-5-15(3)6-8-16)9-10-18-19-11-12-21(18)4/h5-8,11-12,14,17,20H,9-10,13H2,1-4H3. The summed E-state index contributed by atoms with van der Waals surface area (Å²) >= 11 is 0. The van der Waals surface area contributed by atoms with Gasteiger partial charge in [0.05, 0.1) is 0 Å². The third-order valence-corrected chi connectivity index (χ3v) is 3.96. The maximum atomic E-state index is 4.43. The first-order chi connectivity index (χ1) is 10.1. The lowest BCUT2D eigenvalue weighted by atomic mass is 9.93. The molecule has 114 valence electrons. The Morgan fingerprint density at radius 2 is 1.90 bits per heavy atom. The number of imidazole rings is 1. The first-order valence-electron chi connectivity index (χ1n) is 7.82. The van der Waals surface area contributed by atoms with Crippen molar-refractivity contribution in [3.8, 4) is 0 Å². The van der Waals surface area contributed by atoms with Gasteiger partial charge >= 0.3 is 0 Å². The van der Waals surface area contributed by atoms with Crippen LogP contribution in [-0.4, -0.2) is 22.1 Å². The molecule has 0 amide bonds. The molecule has 0 bridgehead atoms. The maximum absolute atomic E-state index is 4.43. The molecular formula is C18H27N3. The molecule has 3 nitrogen and oxygen atoms in total. The zero-order chi connectivity index (χ0) is 15.2. The molecule has 0 saturated heterocycles. The van der Waals surface area contributed by atoms with Crippen LogP contribution in [-0.2, 0) is 13.5 Å². The number of aromatic nitrogens is 2. The predicted molar refractivity (Wildman–Crippen MR) is 88.6 cm³/mol. The van der Waals surface area contributed by atoms with Gasteiger partial charge in [0.2, 0.25) is 0 Å². The van der Waals surface area contributed by atoms with E-state index in [1.165, 1.54) is 11.1 Å². The normalized spacial score (nSPS) is 12.8. The number of benzene rings is 1. The van der Waals surface area contributed by atoms with Gasteiger partial charge in [-0.3, -0.25) is 0 Å². The van der Waals surface area contributed by atoms with E-state index in [2.05, 4.69) is 67.0 Å². The summed E-state index contributed by atoms with van der Waals surface area (Å²) in [4.78, 5) is 4.43. The van der Waals surface area contributed by atoms with E-state index in [4.69, 9.17) is 0 Å². The minimum absolute atomic E-state index is 0.520. The molecule has 1 atom stereocenters. The Kier molecular flexibility index (Phi) is 5.57. The average molecular weight is 285 g/mol. The van der Waals surface area contributed by atoms with Gasteiger partial charge in [-0.1, -0.05) is 43.7 Å². The van der Waals surface area contributed by atoms with Crippen LogP contribution >= 0.6 is 0 Å². The van der Waals surface area contributed by atoms with Crippen molar-refractivity contribution < 1.29 is 0 Å². The fraction of sp³-hybridized carbons (Fsp3) is 0.500. The molecule has 1 aromatic heterocycles. The summed E-state index contributed by atoms with van der Waals surface area (Å²) in [5, 5.41) is 3.58. The highest BCUT2D eigenvalue weighted by Crippen LogP contribution is 2.21. The Bertz CT molecular complexity index is 540. The Morgan fingerprint density at radius 3 is 2.48 bits per heavy atom. The van der Waals surface area contributed by atoms with E-state index in [-0.39, 0.29) is 0 Å². The number of aryl methyl sites for hydroxylation is 3. The summed E-state index contributed by atoms with van der Waals surface area (Å²) in [5.41, 5.74) is 2.74. The minimum Gasteiger partial charge on any atom is -0.338 e. The molecule has 0 fully saturated rings. The van der Waals surface area contributed by atoms with Crippen LogP contribution < -0.4 is 5.32 Å². The Morgan fingerprint density at radius 1 is 1.19 bits per heavy atom. The van der Waals surface area contributed by atoms with Crippen molar-refractivity contribution in [3.63, 3.8) is 0 Å². The zero-order valence-electron chi connectivity index (χ0n) is 13.6. The monoisotopic (exact) mass is 285 g/mol. The fourth-order valence-electron chi connectivity index (χ4n) is 2.54. The van der Waals surface area contributed by atoms with Crippen molar-refractivity contribution in [3.05, 3.63) is 53.6 Å². The van der Waals surface area contributed by atoms with Crippen LogP contribution in [0.2, 0.25) is 0 Å². The summed E-state index contributed by atoms with van der Waals surface area (Å²) in [6.45, 7) is 7.56. The lowest BCUT2D eigenvalue weighted by Crippen LogP contribution is -2.28. The van der Waals surface area contributed by atoms with Crippen LogP contribution in [0.25, 0.3) is 0 Å². The molecule has 0 aliphatic carbocycles. The third-order valence-electron chi connectivity index (χ3n) is 3.96. The van der Waals surface area contributed by atoms with Gasteiger partial charge in [0, 0.05) is 38.4 Å². The number of nitrogens with one attached hydrogen (secondary N) is 1. The second-order valence-corrected chi connectivity index (χ2v) is 6.16. The molecule has 21 heavy (non-hydrogen) atoms. The van der Waals surface area contributed by atoms with Gasteiger partial charge in [-0.15, -0.1) is 0 Å². The lowest BCUT2D eigenvalue weighted by Gasteiger charge is -2.20. The van der Waals surface area contributed by atoms with E-state index >= 15 is 0 Å². The zero-order valence-corrected chi connectivity index (χ0v) is 13.6. The van der Waals surface area contributed by atoms with Crippen LogP contribution in [0.5, 0.6) is 0 Å². The SMILES string of the molecule is Cc1ccc(C(CCc2nccn2C)CNC(C)C)cc1. The van der Waals surface area contributed by atoms with Crippen molar-refractivity contribution in [2.24, 2.45) is 7.05 Å². The average Bonchev–Trinajstić information content (AvgIpc) is 2.85. The van der Waals surface area contributed by atoms with Crippen LogP contribution in [0.1, 0.15) is 43.1 Å². The van der Waals surface area contributed by atoms with E-state index in [0.717, 1.165) is 25.2 Å². The molecule has 0 spiro atoms. The summed E-state index contributed by atoms with van der Waals surface area (Å²) in [6.07, 6.45) is 6.03. The number of nitrogens with zero attached hydrogens (tertiary/aromatic N) is 2. The molecule has 0 aliphatic heterocycles. The quantitative estimate of drug-likeness (QED) is 0.844. The van der Waals surface area contributed by atoms with Crippen molar-refractivity contribution in [1.29, 1.82) is 0 Å². The summed E-state index contributed by atoms with van der Waals surface area (Å²) in [5.74, 6) is 1.70. The molecular weight excluding hydrogens is 258 g/mol. The van der Waals surface area contributed by atoms with Crippen molar-refractivity contribution in [2.75, 3.05) is 6.54 Å². The lowest BCUT2D eigenvalue weighted by molar-refractivity contribution is 0.502. The predicted octanol–water partition coefficient (Wildman–Crippen LogP) is 3.44. The van der Waals surface area contributed by atoms with Gasteiger partial charge in [0.15, 0.2) is 0 Å². The summed E-state index contributed by atoms with van der Waals surface area (Å²) in [6, 6.07) is 9.46. The van der Waals surface area contributed by atoms with Crippen LogP contribution in [0.15, 0.2) is 36.7 Å².